The van der Waals surface area contributed by atoms with Gasteiger partial charge in [0.05, 0.1) is 11.8 Å². The minimum atomic E-state index is -0.540. The van der Waals surface area contributed by atoms with Gasteiger partial charge in [0.1, 0.15) is 17.4 Å². The number of aliphatic hydroxyl groups is 1. The predicted molar refractivity (Wildman–Crippen MR) is 87.0 cm³/mol. The fourth-order valence-corrected chi connectivity index (χ4v) is 2.92. The topological polar surface area (TPSA) is 42.4 Å². The molecule has 2 aromatic rings. The van der Waals surface area contributed by atoms with E-state index in [4.69, 9.17) is 4.74 Å². The highest BCUT2D eigenvalue weighted by atomic mass is 32.1. The Hall–Kier alpha value is -1.39. The number of nitrogens with zero attached hydrogens (tertiary/aromatic N) is 1. The molecule has 21 heavy (non-hydrogen) atoms. The average Bonchev–Trinajstić information content (AvgIpc) is 2.85. The summed E-state index contributed by atoms with van der Waals surface area (Å²) in [6.45, 7) is 10.6. The van der Waals surface area contributed by atoms with Gasteiger partial charge in [-0.05, 0) is 26.0 Å². The van der Waals surface area contributed by atoms with Crippen molar-refractivity contribution in [3.8, 4) is 5.75 Å². The van der Waals surface area contributed by atoms with Crippen molar-refractivity contribution in [1.29, 1.82) is 0 Å². The molecule has 0 aliphatic carbocycles. The van der Waals surface area contributed by atoms with E-state index in [1.807, 2.05) is 25.1 Å². The second kappa shape index (κ2) is 6.16. The molecule has 3 nitrogen and oxygen atoms in total. The van der Waals surface area contributed by atoms with Crippen LogP contribution in [0.1, 0.15) is 55.6 Å². The highest BCUT2D eigenvalue weighted by Crippen LogP contribution is 2.28. The summed E-state index contributed by atoms with van der Waals surface area (Å²) in [6, 6.07) is 5.86. The molecule has 1 unspecified atom stereocenters. The van der Waals surface area contributed by atoms with E-state index in [1.165, 1.54) is 0 Å². The van der Waals surface area contributed by atoms with Crippen molar-refractivity contribution >= 4 is 11.3 Å². The zero-order valence-electron chi connectivity index (χ0n) is 13.3. The normalized spacial score (nSPS) is 13.2. The van der Waals surface area contributed by atoms with E-state index in [0.29, 0.717) is 6.61 Å². The molecule has 2 rings (SSSR count). The Kier molecular flexibility index (Phi) is 4.69. The first kappa shape index (κ1) is 16.0. The number of hydrogen-bond acceptors (Lipinski definition) is 4. The number of thiazole rings is 1. The third-order valence-electron chi connectivity index (χ3n) is 3.29. The lowest BCUT2D eigenvalue weighted by atomic mass is 9.93. The third kappa shape index (κ3) is 4.05. The molecule has 1 N–H and O–H groups in total. The number of aromatic nitrogens is 1. The van der Waals surface area contributed by atoms with Gasteiger partial charge in [0.2, 0.25) is 0 Å². The second-order valence-electron chi connectivity index (χ2n) is 6.38. The Balaban J connectivity index is 2.12. The van der Waals surface area contributed by atoms with Crippen LogP contribution in [0.25, 0.3) is 0 Å². The second-order valence-corrected chi connectivity index (χ2v) is 7.33. The maximum Gasteiger partial charge on any atom is 0.140 e. The van der Waals surface area contributed by atoms with Gasteiger partial charge in [-0.15, -0.1) is 11.3 Å². The molecule has 0 spiro atoms. The molecule has 0 aliphatic rings. The average molecular weight is 305 g/mol. The molecule has 0 amide bonds. The van der Waals surface area contributed by atoms with E-state index >= 15 is 0 Å². The zero-order valence-corrected chi connectivity index (χ0v) is 14.1. The highest BCUT2D eigenvalue weighted by molar-refractivity contribution is 7.09. The van der Waals surface area contributed by atoms with Gasteiger partial charge in [0.25, 0.3) is 0 Å². The summed E-state index contributed by atoms with van der Waals surface area (Å²) in [4.78, 5) is 4.62. The summed E-state index contributed by atoms with van der Waals surface area (Å²) >= 11 is 1.61. The fraction of sp³-hybridized carbons (Fsp3) is 0.471. The van der Waals surface area contributed by atoms with Crippen molar-refractivity contribution in [3.63, 3.8) is 0 Å². The molecular weight excluding hydrogens is 282 g/mol. The van der Waals surface area contributed by atoms with Gasteiger partial charge in [0, 0.05) is 16.4 Å². The Morgan fingerprint density at radius 2 is 2.05 bits per heavy atom. The zero-order chi connectivity index (χ0) is 15.6. The molecule has 0 fully saturated rings. The van der Waals surface area contributed by atoms with Crippen LogP contribution in [0.15, 0.2) is 23.6 Å². The van der Waals surface area contributed by atoms with E-state index in [1.54, 1.807) is 18.3 Å². The third-order valence-corrected chi connectivity index (χ3v) is 4.11. The summed E-state index contributed by atoms with van der Waals surface area (Å²) in [6.07, 6.45) is -0.540. The smallest absolute Gasteiger partial charge is 0.140 e. The maximum absolute atomic E-state index is 9.84. The van der Waals surface area contributed by atoms with Crippen LogP contribution >= 0.6 is 11.3 Å². The van der Waals surface area contributed by atoms with Gasteiger partial charge in [-0.1, -0.05) is 32.4 Å². The molecule has 1 aromatic carbocycles. The van der Waals surface area contributed by atoms with Crippen molar-refractivity contribution in [2.75, 3.05) is 0 Å². The van der Waals surface area contributed by atoms with Gasteiger partial charge < -0.3 is 9.84 Å². The van der Waals surface area contributed by atoms with Crippen LogP contribution in [0.4, 0.5) is 0 Å². The molecule has 1 atom stereocenters. The molecule has 0 saturated heterocycles. The summed E-state index contributed by atoms with van der Waals surface area (Å²) in [5.41, 5.74) is 3.08. The monoisotopic (exact) mass is 305 g/mol. The number of rotatable bonds is 4. The predicted octanol–water partition coefficient (Wildman–Crippen LogP) is 4.38. The van der Waals surface area contributed by atoms with Crippen LogP contribution in [0.2, 0.25) is 0 Å². The number of benzene rings is 1. The number of hydrogen-bond donors (Lipinski definition) is 1. The summed E-state index contributed by atoms with van der Waals surface area (Å²) < 4.78 is 5.85. The van der Waals surface area contributed by atoms with Crippen molar-refractivity contribution < 1.29 is 9.84 Å². The van der Waals surface area contributed by atoms with Gasteiger partial charge in [-0.3, -0.25) is 0 Å². The first-order chi connectivity index (χ1) is 9.77. The van der Waals surface area contributed by atoms with Gasteiger partial charge in [0.15, 0.2) is 0 Å². The van der Waals surface area contributed by atoms with Crippen LogP contribution in [0.5, 0.6) is 5.75 Å². The van der Waals surface area contributed by atoms with Gasteiger partial charge in [-0.2, -0.15) is 0 Å². The van der Waals surface area contributed by atoms with Crippen molar-refractivity contribution in [3.05, 3.63) is 45.4 Å². The van der Waals surface area contributed by atoms with E-state index in [-0.39, 0.29) is 5.41 Å². The minimum absolute atomic E-state index is 0.0589. The highest BCUT2D eigenvalue weighted by Gasteiger charge is 2.18. The maximum atomic E-state index is 9.84. The fourth-order valence-electron chi connectivity index (χ4n) is 1.99. The first-order valence-electron chi connectivity index (χ1n) is 7.13. The Bertz CT molecular complexity index is 611. The van der Waals surface area contributed by atoms with Crippen LogP contribution in [0.3, 0.4) is 0 Å². The largest absolute Gasteiger partial charge is 0.486 e. The summed E-state index contributed by atoms with van der Waals surface area (Å²) in [7, 11) is 0. The molecular formula is C17H23NO2S. The van der Waals surface area contributed by atoms with Crippen LogP contribution < -0.4 is 4.74 Å². The van der Waals surface area contributed by atoms with E-state index in [2.05, 4.69) is 31.1 Å². The minimum Gasteiger partial charge on any atom is -0.486 e. The molecule has 4 heteroatoms. The quantitative estimate of drug-likeness (QED) is 0.911. The first-order valence-corrected chi connectivity index (χ1v) is 8.01. The lowest BCUT2D eigenvalue weighted by Crippen LogP contribution is -2.11. The SMILES string of the molecule is Cc1ccc(OCc2nc(C(C)(C)C)cs2)c(C(C)O)c1. The van der Waals surface area contributed by atoms with Crippen LogP contribution in [0, 0.1) is 6.92 Å². The van der Waals surface area contributed by atoms with Crippen LogP contribution in [-0.2, 0) is 12.0 Å². The number of aryl methyl sites for hydroxylation is 1. The summed E-state index contributed by atoms with van der Waals surface area (Å²) in [5.74, 6) is 0.725. The Labute approximate surface area is 130 Å². The molecule has 114 valence electrons. The van der Waals surface area contributed by atoms with Gasteiger partial charge >= 0.3 is 0 Å². The van der Waals surface area contributed by atoms with E-state index in [0.717, 1.165) is 27.6 Å². The lowest BCUT2D eigenvalue weighted by molar-refractivity contribution is 0.190. The van der Waals surface area contributed by atoms with E-state index < -0.39 is 6.10 Å². The molecule has 0 aliphatic heterocycles. The van der Waals surface area contributed by atoms with Crippen molar-refractivity contribution in [2.24, 2.45) is 0 Å². The van der Waals surface area contributed by atoms with Crippen LogP contribution in [-0.4, -0.2) is 10.1 Å². The lowest BCUT2D eigenvalue weighted by Gasteiger charge is -2.15. The summed E-state index contributed by atoms with van der Waals surface area (Å²) in [5, 5.41) is 12.9. The molecule has 0 radical (unpaired) electrons. The Morgan fingerprint density at radius 3 is 2.62 bits per heavy atom. The molecule has 0 saturated carbocycles. The molecule has 1 aromatic heterocycles. The Morgan fingerprint density at radius 1 is 1.33 bits per heavy atom. The number of aliphatic hydroxyl groups excluding tert-OH is 1. The van der Waals surface area contributed by atoms with Crippen molar-refractivity contribution in [1.82, 2.24) is 4.98 Å². The molecule has 1 heterocycles. The van der Waals surface area contributed by atoms with Crippen molar-refractivity contribution in [2.45, 2.75) is 52.7 Å². The number of ether oxygens (including phenoxy) is 1. The van der Waals surface area contributed by atoms with E-state index in [9.17, 15) is 5.11 Å². The standard InChI is InChI=1S/C17H23NO2S/c1-11-6-7-14(13(8-11)12(2)19)20-9-16-18-15(10-21-16)17(3,4)5/h6-8,10,12,19H,9H2,1-5H3. The molecule has 0 bridgehead atoms. The van der Waals surface area contributed by atoms with Gasteiger partial charge in [-0.25, -0.2) is 4.98 Å².